The Hall–Kier alpha value is -6.68. The number of fused-ring (bicyclic) bond motifs is 14. The van der Waals surface area contributed by atoms with Crippen LogP contribution in [0.2, 0.25) is 0 Å². The zero-order valence-corrected chi connectivity index (χ0v) is 28.8. The minimum absolute atomic E-state index is 0.103. The zero-order valence-electron chi connectivity index (χ0n) is 28.8. The Morgan fingerprint density at radius 1 is 0.385 bits per heavy atom. The van der Waals surface area contributed by atoms with Crippen molar-refractivity contribution in [3.63, 3.8) is 0 Å². The summed E-state index contributed by atoms with van der Waals surface area (Å²) in [5.41, 5.74) is 10.2. The van der Waals surface area contributed by atoms with Crippen molar-refractivity contribution < 1.29 is 10.2 Å². The van der Waals surface area contributed by atoms with Gasteiger partial charge in [0.05, 0.1) is 71.7 Å². The molecule has 1 aliphatic rings. The van der Waals surface area contributed by atoms with Gasteiger partial charge in [-0.3, -0.25) is 20.0 Å². The van der Waals surface area contributed by atoms with Crippen LogP contribution in [-0.2, 0) is 26.2 Å². The van der Waals surface area contributed by atoms with E-state index in [1.165, 1.54) is 0 Å². The molecular formula is C42H36N8O2. The number of benzene rings is 2. The van der Waals surface area contributed by atoms with Crippen LogP contribution < -0.4 is 0 Å². The van der Waals surface area contributed by atoms with E-state index >= 15 is 0 Å². The molecule has 7 rings (SSSR count). The number of phenols is 2. The van der Waals surface area contributed by atoms with Gasteiger partial charge in [-0.25, -0.2) is 19.9 Å². The van der Waals surface area contributed by atoms with Gasteiger partial charge in [-0.1, -0.05) is 24.3 Å². The first-order valence-electron chi connectivity index (χ1n) is 16.9. The highest BCUT2D eigenvalue weighted by Gasteiger charge is 2.10. The van der Waals surface area contributed by atoms with Gasteiger partial charge in [-0.15, -0.1) is 0 Å². The monoisotopic (exact) mass is 684 g/mol. The van der Waals surface area contributed by atoms with Crippen molar-refractivity contribution in [1.29, 1.82) is 0 Å². The number of nitrogens with zero attached hydrogens (tertiary/aromatic N) is 8. The summed E-state index contributed by atoms with van der Waals surface area (Å²) in [5, 5.41) is 22.2. The molecule has 1 aliphatic heterocycles. The molecule has 2 aromatic carbocycles. The summed E-state index contributed by atoms with van der Waals surface area (Å²) >= 11 is 0. The molecule has 6 aromatic rings. The summed E-state index contributed by atoms with van der Waals surface area (Å²) in [6.45, 7) is 5.22. The Morgan fingerprint density at radius 2 is 0.635 bits per heavy atom. The molecule has 10 nitrogen and oxygen atoms in total. The number of pyridine rings is 4. The first kappa shape index (κ1) is 33.8. The average Bonchev–Trinajstić information content (AvgIpc) is 3.15. The highest BCUT2D eigenvalue weighted by Crippen LogP contribution is 2.24. The van der Waals surface area contributed by atoms with Gasteiger partial charge in [-0.2, -0.15) is 0 Å². The van der Waals surface area contributed by atoms with Crippen molar-refractivity contribution in [1.82, 2.24) is 19.9 Å². The minimum Gasteiger partial charge on any atom is -0.507 e. The second-order valence-electron chi connectivity index (χ2n) is 12.5. The SMILES string of the molecule is Cc1cc2c(O)c(c1)C=NCc1cccc(n1)-c1cccc(n1)CN=Cc1cc(C)cc(c1O)C=NCc1cccc(n1)-c1cccc(n1)CN=C2. The molecule has 0 saturated carbocycles. The van der Waals surface area contributed by atoms with Crippen molar-refractivity contribution in [2.24, 2.45) is 20.0 Å². The van der Waals surface area contributed by atoms with Crippen molar-refractivity contribution in [2.75, 3.05) is 0 Å². The molecule has 10 heteroatoms. The number of phenolic OH excluding ortho intramolecular Hbond substituents is 2. The first-order valence-corrected chi connectivity index (χ1v) is 16.9. The van der Waals surface area contributed by atoms with Gasteiger partial charge >= 0.3 is 0 Å². The maximum Gasteiger partial charge on any atom is 0.133 e. The van der Waals surface area contributed by atoms with Crippen LogP contribution in [0.5, 0.6) is 11.5 Å². The number of aryl methyl sites for hydroxylation is 2. The quantitative estimate of drug-likeness (QED) is 0.171. The van der Waals surface area contributed by atoms with Crippen LogP contribution in [0, 0.1) is 13.8 Å². The van der Waals surface area contributed by atoms with E-state index in [4.69, 9.17) is 19.9 Å². The van der Waals surface area contributed by atoms with Crippen LogP contribution in [0.3, 0.4) is 0 Å². The lowest BCUT2D eigenvalue weighted by molar-refractivity contribution is 0.473. The molecule has 5 heterocycles. The Morgan fingerprint density at radius 3 is 0.885 bits per heavy atom. The molecule has 0 atom stereocenters. The highest BCUT2D eigenvalue weighted by atomic mass is 16.3. The highest BCUT2D eigenvalue weighted by molar-refractivity contribution is 5.93. The molecule has 0 unspecified atom stereocenters. The molecule has 0 spiro atoms. The number of aliphatic imine (C=N–C) groups is 4. The number of aromatic nitrogens is 4. The molecule has 0 saturated heterocycles. The van der Waals surface area contributed by atoms with E-state index in [-0.39, 0.29) is 11.5 Å². The predicted molar refractivity (Wildman–Crippen MR) is 206 cm³/mol. The van der Waals surface area contributed by atoms with E-state index in [1.807, 2.05) is 111 Å². The molecule has 52 heavy (non-hydrogen) atoms. The fraction of sp³-hybridized carbons (Fsp3) is 0.143. The average molecular weight is 685 g/mol. The third kappa shape index (κ3) is 8.19. The van der Waals surface area contributed by atoms with Gasteiger partial charge < -0.3 is 10.2 Å². The summed E-state index contributed by atoms with van der Waals surface area (Å²) < 4.78 is 0. The number of aromatic hydroxyl groups is 2. The lowest BCUT2D eigenvalue weighted by Crippen LogP contribution is -1.97. The molecule has 12 bridgehead atoms. The topological polar surface area (TPSA) is 141 Å². The first-order chi connectivity index (χ1) is 25.4. The van der Waals surface area contributed by atoms with Crippen LogP contribution in [0.1, 0.15) is 56.2 Å². The van der Waals surface area contributed by atoms with E-state index in [2.05, 4.69) is 20.0 Å². The summed E-state index contributed by atoms with van der Waals surface area (Å²) in [6.07, 6.45) is 6.65. The summed E-state index contributed by atoms with van der Waals surface area (Å²) in [7, 11) is 0. The van der Waals surface area contributed by atoms with Gasteiger partial charge in [0.15, 0.2) is 0 Å². The standard InChI is InChI=1S/C42H36N8O2/c1-27-15-29-19-43-23-33-7-3-11-37(47-33)39-13-5-9-35(49-39)25-45-21-31-17-28(2)18-32(42(31)52)22-46-26-36-10-6-14-40(50-36)38-12-4-8-34(48-38)24-44-20-30(16-27)41(29)51/h3-22,51-52H,23-26H2,1-2H3. The Bertz CT molecular complexity index is 2060. The summed E-state index contributed by atoms with van der Waals surface area (Å²) in [6, 6.07) is 30.6. The van der Waals surface area contributed by atoms with E-state index in [9.17, 15) is 10.2 Å². The van der Waals surface area contributed by atoms with Crippen molar-refractivity contribution >= 4 is 24.9 Å². The lowest BCUT2D eigenvalue weighted by Gasteiger charge is -2.07. The van der Waals surface area contributed by atoms with E-state index in [0.717, 1.165) is 56.7 Å². The van der Waals surface area contributed by atoms with Crippen LogP contribution in [0.4, 0.5) is 0 Å². The fourth-order valence-corrected chi connectivity index (χ4v) is 5.86. The molecule has 4 aromatic heterocycles. The van der Waals surface area contributed by atoms with E-state index < -0.39 is 0 Å². The molecule has 256 valence electrons. The van der Waals surface area contributed by atoms with Gasteiger partial charge in [0.25, 0.3) is 0 Å². The number of hydrogen-bond acceptors (Lipinski definition) is 10. The number of rotatable bonds is 0. The van der Waals surface area contributed by atoms with E-state index in [1.54, 1.807) is 24.9 Å². The molecular weight excluding hydrogens is 649 g/mol. The van der Waals surface area contributed by atoms with Crippen molar-refractivity contribution in [3.05, 3.63) is 153 Å². The lowest BCUT2D eigenvalue weighted by atomic mass is 10.1. The van der Waals surface area contributed by atoms with Gasteiger partial charge in [-0.05, 0) is 97.8 Å². The van der Waals surface area contributed by atoms with Crippen LogP contribution in [-0.4, -0.2) is 55.0 Å². The second-order valence-corrected chi connectivity index (χ2v) is 12.5. The van der Waals surface area contributed by atoms with Gasteiger partial charge in [0.2, 0.25) is 0 Å². The maximum absolute atomic E-state index is 11.1. The third-order valence-electron chi connectivity index (χ3n) is 8.31. The molecule has 0 aliphatic carbocycles. The smallest absolute Gasteiger partial charge is 0.133 e. The van der Waals surface area contributed by atoms with Gasteiger partial charge in [0.1, 0.15) is 11.5 Å². The van der Waals surface area contributed by atoms with Crippen LogP contribution >= 0.6 is 0 Å². The van der Waals surface area contributed by atoms with Crippen LogP contribution in [0.25, 0.3) is 22.8 Å². The number of hydrogen-bond donors (Lipinski definition) is 2. The summed E-state index contributed by atoms with van der Waals surface area (Å²) in [4.78, 5) is 37.6. The van der Waals surface area contributed by atoms with Crippen LogP contribution in [0.15, 0.2) is 117 Å². The largest absolute Gasteiger partial charge is 0.507 e. The predicted octanol–water partition coefficient (Wildman–Crippen LogP) is 7.42. The molecule has 0 amide bonds. The molecule has 2 N–H and O–H groups in total. The van der Waals surface area contributed by atoms with Gasteiger partial charge in [0, 0.05) is 47.1 Å². The fourth-order valence-electron chi connectivity index (χ4n) is 5.86. The second kappa shape index (κ2) is 15.5. The Kier molecular flexibility index (Phi) is 10.1. The molecule has 0 fully saturated rings. The van der Waals surface area contributed by atoms with Crippen molar-refractivity contribution in [3.8, 4) is 34.3 Å². The third-order valence-corrected chi connectivity index (χ3v) is 8.31. The Labute approximate surface area is 301 Å². The normalized spacial score (nSPS) is 13.1. The van der Waals surface area contributed by atoms with E-state index in [0.29, 0.717) is 48.4 Å². The summed E-state index contributed by atoms with van der Waals surface area (Å²) in [5.74, 6) is 0.206. The zero-order chi connectivity index (χ0) is 35.9. The van der Waals surface area contributed by atoms with Crippen molar-refractivity contribution in [2.45, 2.75) is 40.0 Å². The Balaban J connectivity index is 1.23. The minimum atomic E-state index is 0.103. The maximum atomic E-state index is 11.1. The molecule has 0 radical (unpaired) electrons.